The quantitative estimate of drug-likeness (QED) is 0.628. The fourth-order valence-corrected chi connectivity index (χ4v) is 2.59. The van der Waals surface area contributed by atoms with Gasteiger partial charge in [0.2, 0.25) is 5.91 Å². The number of carboxylic acid groups (broad SMARTS) is 1. The van der Waals surface area contributed by atoms with E-state index in [0.717, 1.165) is 25.7 Å². The van der Waals surface area contributed by atoms with E-state index in [1.165, 1.54) is 13.5 Å². The van der Waals surface area contributed by atoms with Gasteiger partial charge in [-0.05, 0) is 19.9 Å². The molecular weight excluding hydrogens is 248 g/mol. The van der Waals surface area contributed by atoms with Crippen LogP contribution in [0.4, 0.5) is 0 Å². The van der Waals surface area contributed by atoms with E-state index in [0.29, 0.717) is 6.42 Å². The van der Waals surface area contributed by atoms with E-state index >= 15 is 0 Å². The molecule has 0 aromatic rings. The van der Waals surface area contributed by atoms with E-state index in [4.69, 9.17) is 9.84 Å². The van der Waals surface area contributed by atoms with E-state index in [1.54, 1.807) is 0 Å². The molecule has 0 aliphatic heterocycles. The molecule has 0 aromatic carbocycles. The monoisotopic (exact) mass is 272 g/mol. The van der Waals surface area contributed by atoms with Gasteiger partial charge in [-0.1, -0.05) is 19.3 Å². The molecule has 6 heteroatoms. The standard InChI is InChI=1S/C13H24N2O4/c1-14-13(6-4-3-5-7-13)8-11(16)15-9-10(19-2)12(17)18/h10,14H,3-9H2,1-2H3,(H,15,16)(H,17,18). The number of hydrogen-bond acceptors (Lipinski definition) is 4. The molecule has 6 nitrogen and oxygen atoms in total. The van der Waals surface area contributed by atoms with Gasteiger partial charge >= 0.3 is 5.97 Å². The molecule has 1 aliphatic rings. The Bertz CT molecular complexity index is 314. The zero-order valence-corrected chi connectivity index (χ0v) is 11.7. The molecule has 0 radical (unpaired) electrons. The smallest absolute Gasteiger partial charge is 0.334 e. The number of hydrogen-bond donors (Lipinski definition) is 3. The number of amides is 1. The average molecular weight is 272 g/mol. The molecule has 110 valence electrons. The lowest BCUT2D eigenvalue weighted by molar-refractivity contribution is -0.148. The van der Waals surface area contributed by atoms with E-state index in [2.05, 4.69) is 10.6 Å². The van der Waals surface area contributed by atoms with Crippen molar-refractivity contribution in [2.24, 2.45) is 0 Å². The Morgan fingerprint density at radius 3 is 2.42 bits per heavy atom. The van der Waals surface area contributed by atoms with E-state index in [-0.39, 0.29) is 18.0 Å². The summed E-state index contributed by atoms with van der Waals surface area (Å²) in [5, 5.41) is 14.7. The van der Waals surface area contributed by atoms with Crippen LogP contribution in [0.1, 0.15) is 38.5 Å². The van der Waals surface area contributed by atoms with Gasteiger partial charge in [0.25, 0.3) is 0 Å². The van der Waals surface area contributed by atoms with Crippen LogP contribution in [0.2, 0.25) is 0 Å². The second-order valence-corrected chi connectivity index (χ2v) is 5.13. The summed E-state index contributed by atoms with van der Waals surface area (Å²) in [6.07, 6.45) is 4.86. The van der Waals surface area contributed by atoms with Crippen molar-refractivity contribution >= 4 is 11.9 Å². The number of nitrogens with one attached hydrogen (secondary N) is 2. The van der Waals surface area contributed by atoms with Crippen LogP contribution >= 0.6 is 0 Å². The fourth-order valence-electron chi connectivity index (χ4n) is 2.59. The van der Waals surface area contributed by atoms with Crippen LogP contribution in [0, 0.1) is 0 Å². The SMILES string of the molecule is CNC1(CC(=O)NCC(OC)C(=O)O)CCCCC1. The number of aliphatic carboxylic acids is 1. The molecule has 1 aliphatic carbocycles. The van der Waals surface area contributed by atoms with Gasteiger partial charge in [-0.25, -0.2) is 4.79 Å². The molecule has 3 N–H and O–H groups in total. The van der Waals surface area contributed by atoms with E-state index < -0.39 is 12.1 Å². The summed E-state index contributed by atoms with van der Waals surface area (Å²) in [5.41, 5.74) is -0.131. The number of ether oxygens (including phenoxy) is 1. The molecule has 1 amide bonds. The third-order valence-electron chi connectivity index (χ3n) is 3.88. The molecule has 0 saturated heterocycles. The highest BCUT2D eigenvalue weighted by molar-refractivity contribution is 5.79. The zero-order chi connectivity index (χ0) is 14.3. The zero-order valence-electron chi connectivity index (χ0n) is 11.7. The number of carboxylic acids is 1. The third kappa shape index (κ3) is 4.80. The normalized spacial score (nSPS) is 19.7. The minimum absolute atomic E-state index is 0.00443. The van der Waals surface area contributed by atoms with Crippen LogP contribution < -0.4 is 10.6 Å². The van der Waals surface area contributed by atoms with Gasteiger partial charge in [0.15, 0.2) is 6.10 Å². The van der Waals surface area contributed by atoms with Crippen LogP contribution in [0.3, 0.4) is 0 Å². The molecule has 0 bridgehead atoms. The summed E-state index contributed by atoms with van der Waals surface area (Å²) in [7, 11) is 3.20. The second kappa shape index (κ2) is 7.45. The summed E-state index contributed by atoms with van der Waals surface area (Å²) < 4.78 is 4.77. The summed E-state index contributed by atoms with van der Waals surface area (Å²) in [6.45, 7) is 0.00443. The first-order valence-electron chi connectivity index (χ1n) is 6.74. The number of carbonyl (C=O) groups is 2. The number of rotatable bonds is 7. The Morgan fingerprint density at radius 1 is 1.32 bits per heavy atom. The lowest BCUT2D eigenvalue weighted by Gasteiger charge is -2.36. The molecule has 0 heterocycles. The molecule has 0 aromatic heterocycles. The minimum atomic E-state index is -1.07. The Labute approximate surface area is 113 Å². The lowest BCUT2D eigenvalue weighted by Crippen LogP contribution is -2.49. The van der Waals surface area contributed by atoms with Crippen molar-refractivity contribution in [2.45, 2.75) is 50.2 Å². The average Bonchev–Trinajstić information content (AvgIpc) is 2.40. The Morgan fingerprint density at radius 2 is 1.95 bits per heavy atom. The molecule has 1 unspecified atom stereocenters. The van der Waals surface area contributed by atoms with Gasteiger partial charge in [-0.3, -0.25) is 4.79 Å². The maximum atomic E-state index is 11.9. The topological polar surface area (TPSA) is 87.7 Å². The Balaban J connectivity index is 2.43. The first-order chi connectivity index (χ1) is 9.03. The largest absolute Gasteiger partial charge is 0.479 e. The van der Waals surface area contributed by atoms with Crippen molar-refractivity contribution < 1.29 is 19.4 Å². The van der Waals surface area contributed by atoms with Crippen LogP contribution in [0.5, 0.6) is 0 Å². The molecular formula is C13H24N2O4. The van der Waals surface area contributed by atoms with Crippen molar-refractivity contribution in [3.05, 3.63) is 0 Å². The van der Waals surface area contributed by atoms with Gasteiger partial charge in [0.1, 0.15) is 0 Å². The molecule has 1 saturated carbocycles. The maximum Gasteiger partial charge on any atom is 0.334 e. The Kier molecular flexibility index (Phi) is 6.24. The van der Waals surface area contributed by atoms with Crippen LogP contribution in [0.25, 0.3) is 0 Å². The van der Waals surface area contributed by atoms with Gasteiger partial charge < -0.3 is 20.5 Å². The minimum Gasteiger partial charge on any atom is -0.479 e. The van der Waals surface area contributed by atoms with Gasteiger partial charge in [0, 0.05) is 19.1 Å². The molecule has 0 spiro atoms. The summed E-state index contributed by atoms with van der Waals surface area (Å²) in [4.78, 5) is 22.7. The maximum absolute atomic E-state index is 11.9. The van der Waals surface area contributed by atoms with E-state index in [1.807, 2.05) is 7.05 Å². The van der Waals surface area contributed by atoms with Crippen molar-refractivity contribution in [3.63, 3.8) is 0 Å². The summed E-state index contributed by atoms with van der Waals surface area (Å²) in [5.74, 6) is -1.19. The predicted molar refractivity (Wildman–Crippen MR) is 70.9 cm³/mol. The van der Waals surface area contributed by atoms with Gasteiger partial charge in [0.05, 0.1) is 6.54 Å². The number of carbonyl (C=O) groups excluding carboxylic acids is 1. The molecule has 1 fully saturated rings. The Hall–Kier alpha value is -1.14. The van der Waals surface area contributed by atoms with Crippen LogP contribution in [-0.4, -0.2) is 49.3 Å². The fraction of sp³-hybridized carbons (Fsp3) is 0.846. The van der Waals surface area contributed by atoms with Crippen molar-refractivity contribution in [3.8, 4) is 0 Å². The summed E-state index contributed by atoms with van der Waals surface area (Å²) in [6, 6.07) is 0. The van der Waals surface area contributed by atoms with Crippen molar-refractivity contribution in [1.82, 2.24) is 10.6 Å². The number of methoxy groups -OCH3 is 1. The van der Waals surface area contributed by atoms with E-state index in [9.17, 15) is 9.59 Å². The van der Waals surface area contributed by atoms with Crippen LogP contribution in [0.15, 0.2) is 0 Å². The molecule has 1 atom stereocenters. The van der Waals surface area contributed by atoms with Gasteiger partial charge in [-0.15, -0.1) is 0 Å². The predicted octanol–water partition coefficient (Wildman–Crippen LogP) is 0.515. The second-order valence-electron chi connectivity index (χ2n) is 5.13. The first kappa shape index (κ1) is 15.9. The van der Waals surface area contributed by atoms with Crippen LogP contribution in [-0.2, 0) is 14.3 Å². The first-order valence-corrected chi connectivity index (χ1v) is 6.74. The lowest BCUT2D eigenvalue weighted by atomic mass is 9.79. The molecule has 1 rings (SSSR count). The highest BCUT2D eigenvalue weighted by atomic mass is 16.5. The highest BCUT2D eigenvalue weighted by Crippen LogP contribution is 2.30. The molecule has 19 heavy (non-hydrogen) atoms. The van der Waals surface area contributed by atoms with Gasteiger partial charge in [-0.2, -0.15) is 0 Å². The van der Waals surface area contributed by atoms with Crippen molar-refractivity contribution in [1.29, 1.82) is 0 Å². The highest BCUT2D eigenvalue weighted by Gasteiger charge is 2.32. The summed E-state index contributed by atoms with van der Waals surface area (Å²) >= 11 is 0. The van der Waals surface area contributed by atoms with Crippen molar-refractivity contribution in [2.75, 3.05) is 20.7 Å². The third-order valence-corrected chi connectivity index (χ3v) is 3.88.